The Morgan fingerprint density at radius 3 is 2.72 bits per heavy atom. The van der Waals surface area contributed by atoms with Crippen LogP contribution in [-0.2, 0) is 17.8 Å². The first-order valence-electron chi connectivity index (χ1n) is 10.5. The number of anilines is 1. The van der Waals surface area contributed by atoms with Crippen molar-refractivity contribution < 1.29 is 14.0 Å². The molecular formula is C21H30ClFN4O2. The molecule has 1 unspecified atom stereocenters. The molecule has 1 aliphatic carbocycles. The number of hydrogen-bond donors (Lipinski definition) is 3. The van der Waals surface area contributed by atoms with E-state index in [0.29, 0.717) is 31.6 Å². The van der Waals surface area contributed by atoms with Crippen molar-refractivity contribution in [2.24, 2.45) is 5.92 Å². The lowest BCUT2D eigenvalue weighted by Gasteiger charge is -2.33. The van der Waals surface area contributed by atoms with E-state index in [9.17, 15) is 14.0 Å². The van der Waals surface area contributed by atoms with E-state index in [-0.39, 0.29) is 47.8 Å². The minimum Gasteiger partial charge on any atom is -0.335 e. The molecule has 2 aliphatic heterocycles. The summed E-state index contributed by atoms with van der Waals surface area (Å²) in [5, 5.41) is 9.08. The fourth-order valence-electron chi connectivity index (χ4n) is 4.58. The smallest absolute Gasteiger partial charge is 0.317 e. The predicted octanol–water partition coefficient (Wildman–Crippen LogP) is 3.20. The van der Waals surface area contributed by atoms with Gasteiger partial charge in [-0.25, -0.2) is 9.18 Å². The van der Waals surface area contributed by atoms with E-state index in [2.05, 4.69) is 16.0 Å². The van der Waals surface area contributed by atoms with Crippen molar-refractivity contribution in [3.05, 3.63) is 29.1 Å². The number of nitrogens with one attached hydrogen (secondary N) is 3. The van der Waals surface area contributed by atoms with Gasteiger partial charge < -0.3 is 20.9 Å². The van der Waals surface area contributed by atoms with Crippen LogP contribution in [0.5, 0.6) is 0 Å². The van der Waals surface area contributed by atoms with Gasteiger partial charge in [-0.1, -0.05) is 18.9 Å². The summed E-state index contributed by atoms with van der Waals surface area (Å²) in [6, 6.07) is 3.71. The molecule has 0 aromatic heterocycles. The second kappa shape index (κ2) is 9.76. The van der Waals surface area contributed by atoms with Gasteiger partial charge in [0.2, 0.25) is 5.91 Å². The molecule has 2 fully saturated rings. The topological polar surface area (TPSA) is 73.5 Å². The SMILES string of the molecule is Cl.O=C(Nc1ccc2c(c1F)CCNC2)C1CCCN(C(=O)NC2CCCC2)C1. The zero-order valence-electron chi connectivity index (χ0n) is 16.6. The van der Waals surface area contributed by atoms with Gasteiger partial charge >= 0.3 is 6.03 Å². The number of urea groups is 1. The Kier molecular flexibility index (Phi) is 7.35. The average molecular weight is 425 g/mol. The van der Waals surface area contributed by atoms with Crippen molar-refractivity contribution in [3.63, 3.8) is 0 Å². The number of benzene rings is 1. The van der Waals surface area contributed by atoms with Crippen molar-refractivity contribution in [3.8, 4) is 0 Å². The van der Waals surface area contributed by atoms with E-state index in [0.717, 1.165) is 37.8 Å². The van der Waals surface area contributed by atoms with Crippen LogP contribution in [0.1, 0.15) is 49.7 Å². The van der Waals surface area contributed by atoms with Crippen molar-refractivity contribution in [2.75, 3.05) is 25.0 Å². The van der Waals surface area contributed by atoms with Crippen molar-refractivity contribution in [1.82, 2.24) is 15.5 Å². The Balaban J connectivity index is 0.00000240. The number of halogens is 2. The molecule has 1 saturated heterocycles. The number of carbonyl (C=O) groups excluding carboxylic acids is 2. The Labute approximate surface area is 177 Å². The summed E-state index contributed by atoms with van der Waals surface area (Å²) >= 11 is 0. The van der Waals surface area contributed by atoms with E-state index >= 15 is 0 Å². The molecule has 6 nitrogen and oxygen atoms in total. The molecule has 1 saturated carbocycles. The number of likely N-dealkylation sites (tertiary alicyclic amines) is 1. The molecular weight excluding hydrogens is 395 g/mol. The van der Waals surface area contributed by atoms with Crippen molar-refractivity contribution in [2.45, 2.75) is 57.5 Å². The molecule has 4 rings (SSSR count). The monoisotopic (exact) mass is 424 g/mol. The van der Waals surface area contributed by atoms with Gasteiger partial charge in [0, 0.05) is 25.7 Å². The molecule has 29 heavy (non-hydrogen) atoms. The van der Waals surface area contributed by atoms with Gasteiger partial charge in [-0.3, -0.25) is 4.79 Å². The molecule has 160 valence electrons. The molecule has 8 heteroatoms. The number of amides is 3. The van der Waals surface area contributed by atoms with Crippen molar-refractivity contribution >= 4 is 30.0 Å². The highest BCUT2D eigenvalue weighted by atomic mass is 35.5. The van der Waals surface area contributed by atoms with Gasteiger partial charge in [0.1, 0.15) is 5.82 Å². The summed E-state index contributed by atoms with van der Waals surface area (Å²) in [5.74, 6) is -0.828. The van der Waals surface area contributed by atoms with Gasteiger partial charge in [0.15, 0.2) is 0 Å². The number of piperidine rings is 1. The predicted molar refractivity (Wildman–Crippen MR) is 113 cm³/mol. The highest BCUT2D eigenvalue weighted by Gasteiger charge is 2.30. The third-order valence-electron chi connectivity index (χ3n) is 6.23. The van der Waals surface area contributed by atoms with Gasteiger partial charge in [-0.2, -0.15) is 0 Å². The van der Waals surface area contributed by atoms with Gasteiger partial charge in [0.25, 0.3) is 0 Å². The zero-order chi connectivity index (χ0) is 19.5. The largest absolute Gasteiger partial charge is 0.335 e. The standard InChI is InChI=1S/C21H29FN4O2.ClH/c22-19-17-9-10-23-12-14(17)7-8-18(19)25-20(27)15-4-3-11-26(13-15)21(28)24-16-5-1-2-6-16;/h7-8,15-16,23H,1-6,9-13H2,(H,24,28)(H,25,27);1H. The molecule has 3 amide bonds. The minimum atomic E-state index is -0.320. The summed E-state index contributed by atoms with van der Waals surface area (Å²) in [4.78, 5) is 27.0. The lowest BCUT2D eigenvalue weighted by molar-refractivity contribution is -0.121. The zero-order valence-corrected chi connectivity index (χ0v) is 17.5. The maximum Gasteiger partial charge on any atom is 0.317 e. The maximum absolute atomic E-state index is 14.8. The average Bonchev–Trinajstić information content (AvgIpc) is 3.23. The summed E-state index contributed by atoms with van der Waals surface area (Å²) < 4.78 is 14.8. The van der Waals surface area contributed by atoms with Crippen LogP contribution in [0.2, 0.25) is 0 Å². The number of hydrogen-bond acceptors (Lipinski definition) is 3. The van der Waals surface area contributed by atoms with Gasteiger partial charge in [0.05, 0.1) is 11.6 Å². The number of nitrogens with zero attached hydrogens (tertiary/aromatic N) is 1. The highest BCUT2D eigenvalue weighted by molar-refractivity contribution is 5.93. The van der Waals surface area contributed by atoms with Crippen LogP contribution in [0, 0.1) is 11.7 Å². The molecule has 0 bridgehead atoms. The number of fused-ring (bicyclic) bond motifs is 1. The normalized spacial score (nSPS) is 21.8. The second-order valence-corrected chi connectivity index (χ2v) is 8.20. The van der Waals surface area contributed by atoms with E-state index in [1.165, 1.54) is 12.8 Å². The third-order valence-corrected chi connectivity index (χ3v) is 6.23. The summed E-state index contributed by atoms with van der Waals surface area (Å²) in [6.45, 7) is 2.46. The molecule has 0 radical (unpaired) electrons. The van der Waals surface area contributed by atoms with Gasteiger partial charge in [-0.05, 0) is 55.8 Å². The molecule has 1 aromatic carbocycles. The van der Waals surface area contributed by atoms with Gasteiger partial charge in [-0.15, -0.1) is 12.4 Å². The fourth-order valence-corrected chi connectivity index (χ4v) is 4.58. The number of rotatable bonds is 3. The maximum atomic E-state index is 14.8. The molecule has 1 atom stereocenters. The van der Waals surface area contributed by atoms with Crippen LogP contribution < -0.4 is 16.0 Å². The highest BCUT2D eigenvalue weighted by Crippen LogP contribution is 2.26. The lowest BCUT2D eigenvalue weighted by Crippen LogP contribution is -2.49. The molecule has 3 N–H and O–H groups in total. The van der Waals surface area contributed by atoms with E-state index in [1.54, 1.807) is 11.0 Å². The fraction of sp³-hybridized carbons (Fsp3) is 0.619. The molecule has 0 spiro atoms. The quantitative estimate of drug-likeness (QED) is 0.697. The molecule has 1 aromatic rings. The van der Waals surface area contributed by atoms with E-state index in [4.69, 9.17) is 0 Å². The van der Waals surface area contributed by atoms with Crippen LogP contribution in [0.3, 0.4) is 0 Å². The Bertz CT molecular complexity index is 754. The lowest BCUT2D eigenvalue weighted by atomic mass is 9.96. The van der Waals surface area contributed by atoms with Crippen LogP contribution in [-0.4, -0.2) is 42.5 Å². The first-order valence-corrected chi connectivity index (χ1v) is 10.5. The van der Waals surface area contributed by atoms with E-state index in [1.807, 2.05) is 6.07 Å². The Morgan fingerprint density at radius 2 is 1.93 bits per heavy atom. The second-order valence-electron chi connectivity index (χ2n) is 8.20. The van der Waals surface area contributed by atoms with Crippen LogP contribution in [0.15, 0.2) is 12.1 Å². The third kappa shape index (κ3) is 5.01. The Morgan fingerprint density at radius 1 is 1.14 bits per heavy atom. The Hall–Kier alpha value is -1.86. The van der Waals surface area contributed by atoms with Crippen LogP contribution in [0.25, 0.3) is 0 Å². The first kappa shape index (κ1) is 21.8. The first-order chi connectivity index (χ1) is 13.6. The molecule has 3 aliphatic rings. The van der Waals surface area contributed by atoms with E-state index < -0.39 is 0 Å². The van der Waals surface area contributed by atoms with Crippen molar-refractivity contribution in [1.29, 1.82) is 0 Å². The summed E-state index contributed by atoms with van der Waals surface area (Å²) in [7, 11) is 0. The number of carbonyl (C=O) groups is 2. The van der Waals surface area contributed by atoms with Crippen LogP contribution in [0.4, 0.5) is 14.9 Å². The molecule has 2 heterocycles. The minimum absolute atomic E-state index is 0. The summed E-state index contributed by atoms with van der Waals surface area (Å²) in [5.41, 5.74) is 1.89. The van der Waals surface area contributed by atoms with Crippen LogP contribution >= 0.6 is 12.4 Å². The summed E-state index contributed by atoms with van der Waals surface area (Å²) in [6.07, 6.45) is 6.54.